The zero-order valence-electron chi connectivity index (χ0n) is 18.4. The van der Waals surface area contributed by atoms with E-state index in [1.54, 1.807) is 18.2 Å². The fraction of sp³-hybridized carbons (Fsp3) is 0.333. The second-order valence-electron chi connectivity index (χ2n) is 9.20. The average molecular weight is 466 g/mol. The average Bonchev–Trinajstić information content (AvgIpc) is 2.92. The van der Waals surface area contributed by atoms with Gasteiger partial charge in [-0.05, 0) is 79.3 Å². The molecule has 174 valence electrons. The molecular formula is C24H21BF6O2. The van der Waals surface area contributed by atoms with Gasteiger partial charge in [-0.2, -0.15) is 26.3 Å². The summed E-state index contributed by atoms with van der Waals surface area (Å²) in [6.07, 6.45) is -9.81. The summed E-state index contributed by atoms with van der Waals surface area (Å²) in [7, 11) is -0.645. The molecule has 0 N–H and O–H groups in total. The van der Waals surface area contributed by atoms with Crippen molar-refractivity contribution in [3.63, 3.8) is 0 Å². The predicted molar refractivity (Wildman–Crippen MR) is 115 cm³/mol. The molecule has 1 fully saturated rings. The molecule has 9 heteroatoms. The molecule has 1 heterocycles. The molecule has 4 rings (SSSR count). The lowest BCUT2D eigenvalue weighted by Crippen LogP contribution is -2.41. The molecule has 0 spiro atoms. The van der Waals surface area contributed by atoms with Crippen LogP contribution in [0.2, 0.25) is 0 Å². The van der Waals surface area contributed by atoms with E-state index in [0.29, 0.717) is 10.8 Å². The Balaban J connectivity index is 1.79. The third kappa shape index (κ3) is 4.48. The Bertz CT molecular complexity index is 1170. The summed E-state index contributed by atoms with van der Waals surface area (Å²) >= 11 is 0. The molecule has 33 heavy (non-hydrogen) atoms. The van der Waals surface area contributed by atoms with E-state index >= 15 is 0 Å². The van der Waals surface area contributed by atoms with Crippen LogP contribution < -0.4 is 5.46 Å². The normalized spacial score (nSPS) is 18.2. The van der Waals surface area contributed by atoms with Crippen molar-refractivity contribution in [3.05, 3.63) is 65.7 Å². The molecule has 0 bridgehead atoms. The van der Waals surface area contributed by atoms with Crippen molar-refractivity contribution in [2.24, 2.45) is 0 Å². The predicted octanol–water partition coefficient (Wildman–Crippen LogP) is 6.84. The summed E-state index contributed by atoms with van der Waals surface area (Å²) in [5, 5.41) is 1.42. The van der Waals surface area contributed by atoms with E-state index < -0.39 is 41.8 Å². The van der Waals surface area contributed by atoms with Gasteiger partial charge in [0.2, 0.25) is 0 Å². The first-order valence-corrected chi connectivity index (χ1v) is 10.3. The summed E-state index contributed by atoms with van der Waals surface area (Å²) in [6.45, 7) is 7.66. The number of halogens is 6. The SMILES string of the molecule is CC1(C)OB(c2ccc3ccc(-c4cc(C(F)(F)F)cc(C(F)(F)F)c4)cc3c2)OC1(C)C. The summed E-state index contributed by atoms with van der Waals surface area (Å²) < 4.78 is 91.7. The molecule has 1 aliphatic rings. The Labute approximate surface area is 187 Å². The van der Waals surface area contributed by atoms with Gasteiger partial charge in [-0.15, -0.1) is 0 Å². The van der Waals surface area contributed by atoms with Crippen molar-refractivity contribution in [2.45, 2.75) is 51.2 Å². The summed E-state index contributed by atoms with van der Waals surface area (Å²) in [4.78, 5) is 0. The monoisotopic (exact) mass is 466 g/mol. The van der Waals surface area contributed by atoms with Crippen molar-refractivity contribution in [3.8, 4) is 11.1 Å². The van der Waals surface area contributed by atoms with Gasteiger partial charge < -0.3 is 9.31 Å². The highest BCUT2D eigenvalue weighted by Gasteiger charge is 2.51. The van der Waals surface area contributed by atoms with Crippen molar-refractivity contribution in [2.75, 3.05) is 0 Å². The Hall–Kier alpha value is -2.52. The Morgan fingerprint density at radius 2 is 1.12 bits per heavy atom. The smallest absolute Gasteiger partial charge is 0.399 e. The molecule has 0 aliphatic carbocycles. The third-order valence-corrected chi connectivity index (χ3v) is 6.31. The van der Waals surface area contributed by atoms with Crippen LogP contribution in [0.5, 0.6) is 0 Å². The number of fused-ring (bicyclic) bond motifs is 1. The second kappa shape index (κ2) is 7.50. The van der Waals surface area contributed by atoms with E-state index in [4.69, 9.17) is 9.31 Å². The van der Waals surface area contributed by atoms with Gasteiger partial charge in [0, 0.05) is 0 Å². The largest absolute Gasteiger partial charge is 0.494 e. The van der Waals surface area contributed by atoms with Crippen LogP contribution in [0.4, 0.5) is 26.3 Å². The zero-order chi connectivity index (χ0) is 24.4. The van der Waals surface area contributed by atoms with E-state index in [1.165, 1.54) is 6.07 Å². The fourth-order valence-electron chi connectivity index (χ4n) is 3.69. The highest BCUT2D eigenvalue weighted by molar-refractivity contribution is 6.62. The fourth-order valence-corrected chi connectivity index (χ4v) is 3.69. The number of hydrogen-bond donors (Lipinski definition) is 0. The van der Waals surface area contributed by atoms with Crippen LogP contribution in [0.25, 0.3) is 21.9 Å². The highest BCUT2D eigenvalue weighted by atomic mass is 19.4. The highest BCUT2D eigenvalue weighted by Crippen LogP contribution is 2.39. The van der Waals surface area contributed by atoms with Gasteiger partial charge in [-0.25, -0.2) is 0 Å². The number of hydrogen-bond acceptors (Lipinski definition) is 2. The maximum absolute atomic E-state index is 13.3. The van der Waals surface area contributed by atoms with Gasteiger partial charge in [0.15, 0.2) is 0 Å². The van der Waals surface area contributed by atoms with Crippen LogP contribution in [0, 0.1) is 0 Å². The van der Waals surface area contributed by atoms with E-state index in [0.717, 1.165) is 17.5 Å². The molecule has 3 aromatic carbocycles. The first-order valence-electron chi connectivity index (χ1n) is 10.3. The lowest BCUT2D eigenvalue weighted by atomic mass is 9.78. The molecule has 0 unspecified atom stereocenters. The van der Waals surface area contributed by atoms with Crippen LogP contribution in [0.15, 0.2) is 54.6 Å². The summed E-state index contributed by atoms with van der Waals surface area (Å²) in [5.41, 5.74) is -3.03. The molecule has 0 amide bonds. The minimum absolute atomic E-state index is 0.126. The maximum Gasteiger partial charge on any atom is 0.494 e. The van der Waals surface area contributed by atoms with Crippen LogP contribution in [0.1, 0.15) is 38.8 Å². The van der Waals surface area contributed by atoms with E-state index in [-0.39, 0.29) is 17.2 Å². The van der Waals surface area contributed by atoms with Crippen LogP contribution in [-0.2, 0) is 21.7 Å². The van der Waals surface area contributed by atoms with Crippen molar-refractivity contribution >= 4 is 23.4 Å². The van der Waals surface area contributed by atoms with Gasteiger partial charge in [0.25, 0.3) is 0 Å². The number of benzene rings is 3. The van der Waals surface area contributed by atoms with Crippen molar-refractivity contribution < 1.29 is 35.7 Å². The first-order chi connectivity index (χ1) is 15.1. The number of rotatable bonds is 2. The van der Waals surface area contributed by atoms with Crippen LogP contribution >= 0.6 is 0 Å². The Kier molecular flexibility index (Phi) is 5.37. The lowest BCUT2D eigenvalue weighted by Gasteiger charge is -2.32. The first kappa shape index (κ1) is 23.6. The molecule has 3 aromatic rings. The molecule has 0 radical (unpaired) electrons. The Morgan fingerprint density at radius 1 is 0.606 bits per heavy atom. The van der Waals surface area contributed by atoms with Gasteiger partial charge in [-0.1, -0.05) is 30.3 Å². The quantitative estimate of drug-likeness (QED) is 0.304. The van der Waals surface area contributed by atoms with Gasteiger partial charge in [-0.3, -0.25) is 0 Å². The second-order valence-corrected chi connectivity index (χ2v) is 9.20. The zero-order valence-corrected chi connectivity index (χ0v) is 18.4. The topological polar surface area (TPSA) is 18.5 Å². The van der Waals surface area contributed by atoms with Gasteiger partial charge in [0.05, 0.1) is 22.3 Å². The molecular weight excluding hydrogens is 445 g/mol. The molecule has 1 saturated heterocycles. The standard InChI is InChI=1S/C24H21BF6O2/c1-21(2)22(3,4)33-25(32-21)20-8-7-14-5-6-15(9-16(14)12-20)17-10-18(23(26,27)28)13-19(11-17)24(29,30)31/h5-13H,1-4H3. The van der Waals surface area contributed by atoms with Crippen LogP contribution in [0.3, 0.4) is 0 Å². The molecule has 0 saturated carbocycles. The van der Waals surface area contributed by atoms with E-state index in [1.807, 2.05) is 39.8 Å². The maximum atomic E-state index is 13.3. The number of alkyl halides is 6. The lowest BCUT2D eigenvalue weighted by molar-refractivity contribution is -0.143. The van der Waals surface area contributed by atoms with Gasteiger partial charge >= 0.3 is 19.5 Å². The van der Waals surface area contributed by atoms with Crippen LogP contribution in [-0.4, -0.2) is 18.3 Å². The van der Waals surface area contributed by atoms with E-state index in [9.17, 15) is 26.3 Å². The minimum atomic E-state index is -4.91. The summed E-state index contributed by atoms with van der Waals surface area (Å²) in [6, 6.07) is 11.7. The van der Waals surface area contributed by atoms with E-state index in [2.05, 4.69) is 0 Å². The third-order valence-electron chi connectivity index (χ3n) is 6.31. The summed E-state index contributed by atoms with van der Waals surface area (Å²) in [5.74, 6) is 0. The Morgan fingerprint density at radius 3 is 1.64 bits per heavy atom. The van der Waals surface area contributed by atoms with Gasteiger partial charge in [0.1, 0.15) is 0 Å². The van der Waals surface area contributed by atoms with Crippen molar-refractivity contribution in [1.29, 1.82) is 0 Å². The minimum Gasteiger partial charge on any atom is -0.399 e. The molecule has 0 aromatic heterocycles. The molecule has 0 atom stereocenters. The molecule has 2 nitrogen and oxygen atoms in total. The molecule has 1 aliphatic heterocycles. The van der Waals surface area contributed by atoms with Crippen molar-refractivity contribution in [1.82, 2.24) is 0 Å².